The van der Waals surface area contributed by atoms with Crippen LogP contribution >= 0.6 is 0 Å². The molecule has 1 heterocycles. The van der Waals surface area contributed by atoms with E-state index in [2.05, 4.69) is 79.6 Å². The number of rotatable bonds is 13. The van der Waals surface area contributed by atoms with Crippen molar-refractivity contribution in [2.75, 3.05) is 19.6 Å². The number of hydrogen-bond donors (Lipinski definition) is 0. The summed E-state index contributed by atoms with van der Waals surface area (Å²) in [6.45, 7) is 13.8. The Morgan fingerprint density at radius 3 is 2.32 bits per heavy atom. The number of nitrogens with zero attached hydrogens (tertiary/aromatic N) is 3. The molecule has 2 aromatic carbocycles. The van der Waals surface area contributed by atoms with E-state index in [4.69, 9.17) is 9.72 Å². The summed E-state index contributed by atoms with van der Waals surface area (Å²) in [5.74, 6) is 1.95. The van der Waals surface area contributed by atoms with Crippen LogP contribution in [0.3, 0.4) is 0 Å². The van der Waals surface area contributed by atoms with Crippen LogP contribution in [0.25, 0.3) is 11.0 Å². The number of benzene rings is 2. The first-order chi connectivity index (χ1) is 15.1. The van der Waals surface area contributed by atoms with Gasteiger partial charge in [0.2, 0.25) is 0 Å². The summed E-state index contributed by atoms with van der Waals surface area (Å²) >= 11 is 0. The van der Waals surface area contributed by atoms with Gasteiger partial charge in [-0.05, 0) is 76.5 Å². The SMILES string of the molecule is CCCCN(CCCC)CCCn1c(COc2ccc(C)cc2C)nc2ccccc21. The summed E-state index contributed by atoms with van der Waals surface area (Å²) in [5.41, 5.74) is 4.68. The molecular formula is C27H39N3O. The topological polar surface area (TPSA) is 30.3 Å². The summed E-state index contributed by atoms with van der Waals surface area (Å²) in [7, 11) is 0. The van der Waals surface area contributed by atoms with Crippen LogP contribution in [0.2, 0.25) is 0 Å². The van der Waals surface area contributed by atoms with Crippen molar-refractivity contribution in [3.05, 3.63) is 59.4 Å². The fraction of sp³-hybridized carbons (Fsp3) is 0.519. The zero-order valence-corrected chi connectivity index (χ0v) is 19.9. The molecule has 0 spiro atoms. The molecule has 0 saturated carbocycles. The highest BCUT2D eigenvalue weighted by Crippen LogP contribution is 2.22. The molecule has 4 nitrogen and oxygen atoms in total. The second kappa shape index (κ2) is 11.9. The van der Waals surface area contributed by atoms with E-state index in [0.29, 0.717) is 6.61 Å². The zero-order chi connectivity index (χ0) is 22.1. The maximum Gasteiger partial charge on any atom is 0.147 e. The van der Waals surface area contributed by atoms with Gasteiger partial charge in [0.15, 0.2) is 0 Å². The van der Waals surface area contributed by atoms with Crippen LogP contribution in [0.5, 0.6) is 5.75 Å². The first-order valence-electron chi connectivity index (χ1n) is 12.0. The maximum atomic E-state index is 6.19. The molecule has 0 aliphatic heterocycles. The molecule has 0 fully saturated rings. The molecule has 0 saturated heterocycles. The normalized spacial score (nSPS) is 11.5. The van der Waals surface area contributed by atoms with Crippen LogP contribution in [0.1, 0.15) is 62.9 Å². The molecule has 0 atom stereocenters. The van der Waals surface area contributed by atoms with E-state index in [9.17, 15) is 0 Å². The third-order valence-electron chi connectivity index (χ3n) is 5.93. The number of para-hydroxylation sites is 2. The van der Waals surface area contributed by atoms with Crippen molar-refractivity contribution in [2.24, 2.45) is 0 Å². The highest BCUT2D eigenvalue weighted by Gasteiger charge is 2.12. The number of aromatic nitrogens is 2. The third kappa shape index (κ3) is 6.57. The van der Waals surface area contributed by atoms with Gasteiger partial charge in [-0.25, -0.2) is 4.98 Å². The van der Waals surface area contributed by atoms with E-state index >= 15 is 0 Å². The second-order valence-corrected chi connectivity index (χ2v) is 8.63. The van der Waals surface area contributed by atoms with E-state index in [0.717, 1.165) is 36.6 Å². The Labute approximate surface area is 188 Å². The molecule has 4 heteroatoms. The van der Waals surface area contributed by atoms with Crippen molar-refractivity contribution in [1.82, 2.24) is 14.5 Å². The largest absolute Gasteiger partial charge is 0.485 e. The van der Waals surface area contributed by atoms with Gasteiger partial charge in [0.05, 0.1) is 11.0 Å². The first kappa shape index (κ1) is 23.3. The van der Waals surface area contributed by atoms with Gasteiger partial charge in [0.1, 0.15) is 18.2 Å². The van der Waals surface area contributed by atoms with Crippen LogP contribution in [0.4, 0.5) is 0 Å². The molecule has 0 amide bonds. The van der Waals surface area contributed by atoms with Gasteiger partial charge in [-0.1, -0.05) is 56.5 Å². The van der Waals surface area contributed by atoms with Crippen molar-refractivity contribution in [1.29, 1.82) is 0 Å². The van der Waals surface area contributed by atoms with Gasteiger partial charge in [-0.15, -0.1) is 0 Å². The van der Waals surface area contributed by atoms with Crippen molar-refractivity contribution in [3.8, 4) is 5.75 Å². The number of imidazole rings is 1. The molecule has 0 aliphatic rings. The fourth-order valence-electron chi connectivity index (χ4n) is 4.14. The minimum Gasteiger partial charge on any atom is -0.485 e. The summed E-state index contributed by atoms with van der Waals surface area (Å²) in [6.07, 6.45) is 6.22. The Morgan fingerprint density at radius 2 is 1.61 bits per heavy atom. The smallest absolute Gasteiger partial charge is 0.147 e. The predicted molar refractivity (Wildman–Crippen MR) is 131 cm³/mol. The molecule has 3 aromatic rings. The summed E-state index contributed by atoms with van der Waals surface area (Å²) < 4.78 is 8.55. The molecule has 0 bridgehead atoms. The number of fused-ring (bicyclic) bond motifs is 1. The molecule has 3 rings (SSSR count). The van der Waals surface area contributed by atoms with Crippen LogP contribution in [-0.4, -0.2) is 34.1 Å². The molecule has 31 heavy (non-hydrogen) atoms. The van der Waals surface area contributed by atoms with Crippen LogP contribution in [0.15, 0.2) is 42.5 Å². The second-order valence-electron chi connectivity index (χ2n) is 8.63. The van der Waals surface area contributed by atoms with Gasteiger partial charge in [-0.2, -0.15) is 0 Å². The van der Waals surface area contributed by atoms with Crippen LogP contribution in [0, 0.1) is 13.8 Å². The van der Waals surface area contributed by atoms with Crippen molar-refractivity contribution in [2.45, 2.75) is 73.0 Å². The first-order valence-corrected chi connectivity index (χ1v) is 12.0. The summed E-state index contributed by atoms with van der Waals surface area (Å²) in [5, 5.41) is 0. The van der Waals surface area contributed by atoms with Gasteiger partial charge < -0.3 is 14.2 Å². The average molecular weight is 422 g/mol. The van der Waals surface area contributed by atoms with Crippen LogP contribution < -0.4 is 4.74 Å². The lowest BCUT2D eigenvalue weighted by Crippen LogP contribution is -2.28. The minimum absolute atomic E-state index is 0.494. The quantitative estimate of drug-likeness (QED) is 0.314. The van der Waals surface area contributed by atoms with Crippen molar-refractivity contribution < 1.29 is 4.74 Å². The Kier molecular flexibility index (Phi) is 8.96. The van der Waals surface area contributed by atoms with Gasteiger partial charge in [0, 0.05) is 6.54 Å². The number of hydrogen-bond acceptors (Lipinski definition) is 3. The van der Waals surface area contributed by atoms with Gasteiger partial charge >= 0.3 is 0 Å². The van der Waals surface area contributed by atoms with Crippen molar-refractivity contribution >= 4 is 11.0 Å². The summed E-state index contributed by atoms with van der Waals surface area (Å²) in [6, 6.07) is 14.8. The minimum atomic E-state index is 0.494. The van der Waals surface area contributed by atoms with E-state index in [1.54, 1.807) is 0 Å². The monoisotopic (exact) mass is 421 g/mol. The molecule has 0 radical (unpaired) electrons. The zero-order valence-electron chi connectivity index (χ0n) is 19.9. The highest BCUT2D eigenvalue weighted by atomic mass is 16.5. The number of ether oxygens (including phenoxy) is 1. The molecule has 1 aromatic heterocycles. The van der Waals surface area contributed by atoms with E-state index in [1.165, 1.54) is 55.4 Å². The van der Waals surface area contributed by atoms with Gasteiger partial charge in [-0.3, -0.25) is 0 Å². The van der Waals surface area contributed by atoms with E-state index in [-0.39, 0.29) is 0 Å². The average Bonchev–Trinajstić information content (AvgIpc) is 3.12. The lowest BCUT2D eigenvalue weighted by atomic mass is 10.1. The van der Waals surface area contributed by atoms with E-state index in [1.807, 2.05) is 0 Å². The highest BCUT2D eigenvalue weighted by molar-refractivity contribution is 5.75. The maximum absolute atomic E-state index is 6.19. The standard InChI is InChI=1S/C27H39N3O/c1-5-7-16-29(17-8-6-2)18-11-19-30-25-13-10-9-12-24(25)28-27(30)21-31-26-15-14-22(3)20-23(26)4/h9-10,12-15,20H,5-8,11,16-19,21H2,1-4H3. The Morgan fingerprint density at radius 1 is 0.903 bits per heavy atom. The molecular weight excluding hydrogens is 382 g/mol. The lowest BCUT2D eigenvalue weighted by Gasteiger charge is -2.22. The third-order valence-corrected chi connectivity index (χ3v) is 5.93. The molecule has 0 aliphatic carbocycles. The summed E-state index contributed by atoms with van der Waals surface area (Å²) in [4.78, 5) is 7.53. The van der Waals surface area contributed by atoms with Crippen LogP contribution in [-0.2, 0) is 13.2 Å². The van der Waals surface area contributed by atoms with Crippen molar-refractivity contribution in [3.63, 3.8) is 0 Å². The van der Waals surface area contributed by atoms with E-state index < -0.39 is 0 Å². The number of aryl methyl sites for hydroxylation is 3. The predicted octanol–water partition coefficient (Wildman–Crippen LogP) is 6.52. The van der Waals surface area contributed by atoms with Gasteiger partial charge in [0.25, 0.3) is 0 Å². The molecule has 168 valence electrons. The molecule has 0 N–H and O–H groups in total. The Bertz CT molecular complexity index is 939. The lowest BCUT2D eigenvalue weighted by molar-refractivity contribution is 0.254. The Hall–Kier alpha value is -2.33. The fourth-order valence-corrected chi connectivity index (χ4v) is 4.14. The number of unbranched alkanes of at least 4 members (excludes halogenated alkanes) is 2. The molecule has 0 unspecified atom stereocenters. The Balaban J connectivity index is 1.69.